The molecular weight excluding hydrogens is 514 g/mol. The van der Waals surface area contributed by atoms with E-state index in [0.717, 1.165) is 24.1 Å². The van der Waals surface area contributed by atoms with E-state index in [9.17, 15) is 15.3 Å². The summed E-state index contributed by atoms with van der Waals surface area (Å²) in [7, 11) is 1.74. The second-order valence-corrected chi connectivity index (χ2v) is 11.7. The number of nitrogens with one attached hydrogen (secondary N) is 2. The topological polar surface area (TPSA) is 136 Å². The molecular formula is C31H33N9O. The van der Waals surface area contributed by atoms with E-state index in [1.165, 1.54) is 13.1 Å². The number of hydrogen-bond acceptors (Lipinski definition) is 8. The summed E-state index contributed by atoms with van der Waals surface area (Å²) in [4.78, 5) is 18.1. The minimum absolute atomic E-state index is 0.0350. The van der Waals surface area contributed by atoms with Crippen LogP contribution in [0.5, 0.6) is 0 Å². The number of carbonyl (C=O) groups excluding carboxylic acids is 1. The van der Waals surface area contributed by atoms with Gasteiger partial charge in [-0.05, 0) is 48.1 Å². The van der Waals surface area contributed by atoms with Crippen molar-refractivity contribution in [3.05, 3.63) is 71.2 Å². The molecule has 0 radical (unpaired) electrons. The summed E-state index contributed by atoms with van der Waals surface area (Å²) in [5.74, 6) is -0.0735. The number of nitrogens with zero attached hydrogens (tertiary/aromatic N) is 7. The Kier molecular flexibility index (Phi) is 7.34. The Morgan fingerprint density at radius 2 is 1.93 bits per heavy atom. The van der Waals surface area contributed by atoms with Gasteiger partial charge in [0.05, 0.1) is 40.6 Å². The minimum Gasteiger partial charge on any atom is -0.383 e. The van der Waals surface area contributed by atoms with Gasteiger partial charge >= 0.3 is 0 Å². The maximum atomic E-state index is 12.1. The van der Waals surface area contributed by atoms with E-state index in [1.54, 1.807) is 18.0 Å². The van der Waals surface area contributed by atoms with Crippen LogP contribution in [-0.2, 0) is 4.79 Å². The molecule has 5 rings (SSSR count). The first-order valence-corrected chi connectivity index (χ1v) is 13.6. The zero-order chi connectivity index (χ0) is 29.3. The Morgan fingerprint density at radius 1 is 1.17 bits per heavy atom. The van der Waals surface area contributed by atoms with Gasteiger partial charge in [0.25, 0.3) is 0 Å². The van der Waals surface area contributed by atoms with Gasteiger partial charge in [0, 0.05) is 43.5 Å². The lowest BCUT2D eigenvalue weighted by Crippen LogP contribution is -2.23. The van der Waals surface area contributed by atoms with Gasteiger partial charge in [-0.25, -0.2) is 4.68 Å². The molecule has 1 aliphatic rings. The number of aromatic nitrogens is 4. The third kappa shape index (κ3) is 5.97. The molecule has 0 bridgehead atoms. The van der Waals surface area contributed by atoms with Gasteiger partial charge < -0.3 is 15.5 Å². The van der Waals surface area contributed by atoms with Crippen LogP contribution in [-0.4, -0.2) is 39.5 Å². The first-order chi connectivity index (χ1) is 19.6. The summed E-state index contributed by atoms with van der Waals surface area (Å²) >= 11 is 0. The molecule has 2 aromatic carbocycles. The summed E-state index contributed by atoms with van der Waals surface area (Å²) in [5, 5.41) is 36.5. The molecule has 1 unspecified atom stereocenters. The number of amides is 1. The Morgan fingerprint density at radius 3 is 2.59 bits per heavy atom. The van der Waals surface area contributed by atoms with Crippen LogP contribution >= 0.6 is 0 Å². The fraction of sp³-hybridized carbons (Fsp3) is 0.355. The normalized spacial score (nSPS) is 13.7. The van der Waals surface area contributed by atoms with Crippen molar-refractivity contribution in [2.45, 2.75) is 52.6 Å². The predicted octanol–water partition coefficient (Wildman–Crippen LogP) is 5.55. The highest BCUT2D eigenvalue weighted by Gasteiger charge is 2.27. The fourth-order valence-electron chi connectivity index (χ4n) is 4.63. The second kappa shape index (κ2) is 10.9. The lowest BCUT2D eigenvalue weighted by Gasteiger charge is -2.23. The third-order valence-electron chi connectivity index (χ3n) is 7.13. The molecule has 208 valence electrons. The van der Waals surface area contributed by atoms with Crippen LogP contribution in [0, 0.1) is 28.1 Å². The largest absolute Gasteiger partial charge is 0.383 e. The molecule has 2 N–H and O–H groups in total. The average Bonchev–Trinajstić information content (AvgIpc) is 3.69. The van der Waals surface area contributed by atoms with E-state index in [4.69, 9.17) is 0 Å². The lowest BCUT2D eigenvalue weighted by atomic mass is 9.96. The molecule has 0 spiro atoms. The molecule has 1 atom stereocenters. The number of benzene rings is 2. The molecule has 0 saturated heterocycles. The van der Waals surface area contributed by atoms with E-state index in [0.29, 0.717) is 51.7 Å². The molecule has 2 heterocycles. The van der Waals surface area contributed by atoms with Crippen LogP contribution in [0.25, 0.3) is 10.9 Å². The van der Waals surface area contributed by atoms with Crippen LogP contribution in [0.4, 0.5) is 17.1 Å². The van der Waals surface area contributed by atoms with Crippen molar-refractivity contribution in [2.24, 2.45) is 5.41 Å². The van der Waals surface area contributed by atoms with E-state index in [2.05, 4.69) is 58.8 Å². The second-order valence-electron chi connectivity index (χ2n) is 11.7. The summed E-state index contributed by atoms with van der Waals surface area (Å²) in [6, 6.07) is 15.8. The van der Waals surface area contributed by atoms with Crippen molar-refractivity contribution in [2.75, 3.05) is 29.1 Å². The molecule has 10 heteroatoms. The van der Waals surface area contributed by atoms with Gasteiger partial charge in [-0.15, -0.1) is 5.10 Å². The Labute approximate surface area is 239 Å². The molecule has 1 aliphatic carbocycles. The standard InChI is InChI=1S/C31H33N9O/c1-19(41)39(5)25-8-6-7-20(12-25)30(27-17-40(38-37-27)24-9-10-24)36-23-11-21(14-32)28-26(13-23)29(22(15-33)16-34-28)35-18-31(2,3)4/h6-8,11-13,16-17,24,30,36H,9-10,18H2,1-5H3,(H,34,35). The summed E-state index contributed by atoms with van der Waals surface area (Å²) < 4.78 is 1.90. The quantitative estimate of drug-likeness (QED) is 0.293. The van der Waals surface area contributed by atoms with Crippen LogP contribution in [0.15, 0.2) is 48.8 Å². The Balaban J connectivity index is 1.62. The fourth-order valence-corrected chi connectivity index (χ4v) is 4.63. The Bertz CT molecular complexity index is 1700. The average molecular weight is 548 g/mol. The summed E-state index contributed by atoms with van der Waals surface area (Å²) in [6.45, 7) is 8.49. The number of hydrogen-bond donors (Lipinski definition) is 2. The number of pyridine rings is 1. The highest BCUT2D eigenvalue weighted by atomic mass is 16.2. The maximum Gasteiger partial charge on any atom is 0.223 e. The van der Waals surface area contributed by atoms with Gasteiger partial charge in [0.1, 0.15) is 17.8 Å². The predicted molar refractivity (Wildman–Crippen MR) is 158 cm³/mol. The van der Waals surface area contributed by atoms with Crippen molar-refractivity contribution in [3.8, 4) is 12.1 Å². The van der Waals surface area contributed by atoms with Crippen molar-refractivity contribution in [1.82, 2.24) is 20.0 Å². The van der Waals surface area contributed by atoms with E-state index >= 15 is 0 Å². The minimum atomic E-state index is -0.426. The SMILES string of the molecule is CC(=O)N(C)c1cccc(C(Nc2cc(C#N)c3ncc(C#N)c(NCC(C)(C)C)c3c2)c2cn(C3CC3)nn2)c1. The van der Waals surface area contributed by atoms with Crippen molar-refractivity contribution < 1.29 is 4.79 Å². The molecule has 1 saturated carbocycles. The van der Waals surface area contributed by atoms with Gasteiger partial charge in [0.2, 0.25) is 5.91 Å². The zero-order valence-corrected chi connectivity index (χ0v) is 23.9. The summed E-state index contributed by atoms with van der Waals surface area (Å²) in [5.41, 5.74) is 4.95. The lowest BCUT2D eigenvalue weighted by molar-refractivity contribution is -0.116. The van der Waals surface area contributed by atoms with E-state index in [-0.39, 0.29) is 11.3 Å². The molecule has 10 nitrogen and oxygen atoms in total. The number of fused-ring (bicyclic) bond motifs is 1. The monoisotopic (exact) mass is 547 g/mol. The number of anilines is 3. The summed E-state index contributed by atoms with van der Waals surface area (Å²) in [6.07, 6.45) is 5.62. The third-order valence-corrected chi connectivity index (χ3v) is 7.13. The maximum absolute atomic E-state index is 12.1. The van der Waals surface area contributed by atoms with Crippen molar-refractivity contribution in [1.29, 1.82) is 10.5 Å². The smallest absolute Gasteiger partial charge is 0.223 e. The molecule has 41 heavy (non-hydrogen) atoms. The van der Waals surface area contributed by atoms with E-state index in [1.807, 2.05) is 41.2 Å². The zero-order valence-electron chi connectivity index (χ0n) is 23.9. The number of carbonyl (C=O) groups is 1. The van der Waals surface area contributed by atoms with Gasteiger partial charge in [-0.1, -0.05) is 38.1 Å². The number of rotatable bonds is 8. The molecule has 1 fully saturated rings. The van der Waals surface area contributed by atoms with Crippen LogP contribution in [0.2, 0.25) is 0 Å². The van der Waals surface area contributed by atoms with Gasteiger partial charge in [-0.2, -0.15) is 10.5 Å². The first-order valence-electron chi connectivity index (χ1n) is 13.6. The number of nitriles is 2. The van der Waals surface area contributed by atoms with Crippen molar-refractivity contribution >= 4 is 33.9 Å². The first kappa shape index (κ1) is 27.6. The van der Waals surface area contributed by atoms with Crippen LogP contribution in [0.3, 0.4) is 0 Å². The van der Waals surface area contributed by atoms with Crippen LogP contribution in [0.1, 0.15) is 75.0 Å². The van der Waals surface area contributed by atoms with Crippen LogP contribution < -0.4 is 15.5 Å². The van der Waals surface area contributed by atoms with Crippen molar-refractivity contribution in [3.63, 3.8) is 0 Å². The van der Waals surface area contributed by atoms with E-state index < -0.39 is 6.04 Å². The highest BCUT2D eigenvalue weighted by Crippen LogP contribution is 2.37. The molecule has 2 aromatic heterocycles. The van der Waals surface area contributed by atoms with Gasteiger partial charge in [0.15, 0.2) is 0 Å². The molecule has 4 aromatic rings. The molecule has 1 amide bonds. The highest BCUT2D eigenvalue weighted by molar-refractivity contribution is 5.99. The molecule has 0 aliphatic heterocycles. The van der Waals surface area contributed by atoms with Gasteiger partial charge in [-0.3, -0.25) is 9.78 Å². The Hall–Kier alpha value is -4.96.